The first-order valence-electron chi connectivity index (χ1n) is 8.68. The fourth-order valence-electron chi connectivity index (χ4n) is 3.05. The lowest BCUT2D eigenvalue weighted by atomic mass is 10.1. The van der Waals surface area contributed by atoms with E-state index in [1.54, 1.807) is 4.90 Å². The van der Waals surface area contributed by atoms with Crippen molar-refractivity contribution in [3.8, 4) is 0 Å². The van der Waals surface area contributed by atoms with Gasteiger partial charge in [-0.25, -0.2) is 9.59 Å². The number of carbonyl (C=O) groups is 2. The molecule has 2 rings (SSSR count). The molecule has 1 N–H and O–H groups in total. The highest BCUT2D eigenvalue weighted by Crippen LogP contribution is 2.23. The number of rotatable bonds is 5. The van der Waals surface area contributed by atoms with Gasteiger partial charge in [-0.3, -0.25) is 4.90 Å². The van der Waals surface area contributed by atoms with Gasteiger partial charge in [-0.15, -0.1) is 0 Å². The second-order valence-corrected chi connectivity index (χ2v) is 6.22. The van der Waals surface area contributed by atoms with Crippen LogP contribution in [-0.4, -0.2) is 65.7 Å². The minimum atomic E-state index is -0.911. The van der Waals surface area contributed by atoms with Crippen LogP contribution in [0.4, 0.5) is 9.59 Å². The van der Waals surface area contributed by atoms with Crippen molar-refractivity contribution in [2.24, 2.45) is 0 Å². The quantitative estimate of drug-likeness (QED) is 0.785. The highest BCUT2D eigenvalue weighted by molar-refractivity contribution is 5.67. The van der Waals surface area contributed by atoms with Gasteiger partial charge in [0.2, 0.25) is 0 Å². The zero-order chi connectivity index (χ0) is 16.7. The number of nitrogens with zero attached hydrogens (tertiary/aromatic N) is 2. The van der Waals surface area contributed by atoms with Crippen LogP contribution in [0, 0.1) is 0 Å². The number of carbonyl (C=O) groups excluding carboxylic acids is 1. The lowest BCUT2D eigenvalue weighted by molar-refractivity contribution is -0.116. The minimum absolute atomic E-state index is 0.0136. The zero-order valence-electron chi connectivity index (χ0n) is 13.9. The topological polar surface area (TPSA) is 79.3 Å². The molecule has 2 fully saturated rings. The van der Waals surface area contributed by atoms with Gasteiger partial charge in [-0.1, -0.05) is 13.3 Å². The predicted molar refractivity (Wildman–Crippen MR) is 84.3 cm³/mol. The van der Waals surface area contributed by atoms with Gasteiger partial charge in [0, 0.05) is 19.6 Å². The minimum Gasteiger partial charge on any atom is -0.465 e. The number of ether oxygens (including phenoxy) is 2. The van der Waals surface area contributed by atoms with Crippen LogP contribution in [0.3, 0.4) is 0 Å². The molecule has 132 valence electrons. The van der Waals surface area contributed by atoms with Gasteiger partial charge < -0.3 is 19.5 Å². The summed E-state index contributed by atoms with van der Waals surface area (Å²) in [4.78, 5) is 26.2. The maximum Gasteiger partial charge on any atom is 0.409 e. The van der Waals surface area contributed by atoms with Crippen LogP contribution in [0.1, 0.15) is 51.9 Å². The Morgan fingerprint density at radius 2 is 1.87 bits per heavy atom. The molecule has 2 heterocycles. The van der Waals surface area contributed by atoms with Crippen LogP contribution < -0.4 is 0 Å². The van der Waals surface area contributed by atoms with Crippen molar-refractivity contribution in [2.75, 3.05) is 26.2 Å². The standard InChI is InChI=1S/C16H28N2O5/c1-2-3-12-22-16(21)17-10-7-13(8-11-17)23-14-6-4-5-9-18(14)15(19)20/h13-14H,2-12H2,1H3,(H,19,20). The third-order valence-electron chi connectivity index (χ3n) is 4.47. The molecule has 1 atom stereocenters. The molecule has 7 nitrogen and oxygen atoms in total. The van der Waals surface area contributed by atoms with Crippen molar-refractivity contribution in [3.63, 3.8) is 0 Å². The number of hydrogen-bond acceptors (Lipinski definition) is 4. The molecule has 0 aromatic carbocycles. The van der Waals surface area contributed by atoms with Crippen LogP contribution in [0.15, 0.2) is 0 Å². The number of carboxylic acid groups (broad SMARTS) is 1. The van der Waals surface area contributed by atoms with Crippen molar-refractivity contribution in [3.05, 3.63) is 0 Å². The van der Waals surface area contributed by atoms with Crippen molar-refractivity contribution in [2.45, 2.75) is 64.2 Å². The highest BCUT2D eigenvalue weighted by atomic mass is 16.6. The average Bonchev–Trinajstić information content (AvgIpc) is 2.56. The lowest BCUT2D eigenvalue weighted by Gasteiger charge is -2.38. The maximum absolute atomic E-state index is 11.9. The van der Waals surface area contributed by atoms with Gasteiger partial charge in [0.1, 0.15) is 6.23 Å². The second kappa shape index (κ2) is 8.96. The number of unbranched alkanes of at least 4 members (excludes halogenated alkanes) is 1. The van der Waals surface area contributed by atoms with Gasteiger partial charge in [0.05, 0.1) is 12.7 Å². The van der Waals surface area contributed by atoms with Crippen molar-refractivity contribution >= 4 is 12.2 Å². The van der Waals surface area contributed by atoms with E-state index < -0.39 is 6.09 Å². The predicted octanol–water partition coefficient (Wildman–Crippen LogP) is 2.89. The van der Waals surface area contributed by atoms with E-state index in [-0.39, 0.29) is 18.4 Å². The molecule has 0 radical (unpaired) electrons. The Morgan fingerprint density at radius 1 is 1.13 bits per heavy atom. The summed E-state index contributed by atoms with van der Waals surface area (Å²) in [6, 6.07) is 0. The first kappa shape index (κ1) is 17.8. The fraction of sp³-hybridized carbons (Fsp3) is 0.875. The molecule has 2 aliphatic heterocycles. The Hall–Kier alpha value is -1.50. The summed E-state index contributed by atoms with van der Waals surface area (Å²) in [7, 11) is 0. The van der Waals surface area contributed by atoms with E-state index in [1.165, 1.54) is 4.90 Å². The second-order valence-electron chi connectivity index (χ2n) is 6.22. The Bertz CT molecular complexity index is 396. The van der Waals surface area contributed by atoms with E-state index in [1.807, 2.05) is 0 Å². The van der Waals surface area contributed by atoms with E-state index in [2.05, 4.69) is 6.92 Å². The number of piperidine rings is 2. The smallest absolute Gasteiger partial charge is 0.409 e. The summed E-state index contributed by atoms with van der Waals surface area (Å²) in [5.41, 5.74) is 0. The summed E-state index contributed by atoms with van der Waals surface area (Å²) in [5.74, 6) is 0. The Kier molecular flexibility index (Phi) is 6.95. The summed E-state index contributed by atoms with van der Waals surface area (Å²) >= 11 is 0. The molecule has 0 aliphatic carbocycles. The van der Waals surface area contributed by atoms with E-state index in [0.717, 1.165) is 44.9 Å². The highest BCUT2D eigenvalue weighted by Gasteiger charge is 2.31. The van der Waals surface area contributed by atoms with E-state index in [9.17, 15) is 14.7 Å². The third kappa shape index (κ3) is 5.27. The molecule has 0 saturated carbocycles. The fourth-order valence-corrected chi connectivity index (χ4v) is 3.05. The van der Waals surface area contributed by atoms with Crippen molar-refractivity contribution in [1.29, 1.82) is 0 Å². The maximum atomic E-state index is 11.9. The SMILES string of the molecule is CCCCOC(=O)N1CCC(OC2CCCCN2C(=O)O)CC1. The summed E-state index contributed by atoms with van der Waals surface area (Å²) < 4.78 is 11.2. The van der Waals surface area contributed by atoms with Crippen LogP contribution in [-0.2, 0) is 9.47 Å². The number of likely N-dealkylation sites (tertiary alicyclic amines) is 2. The van der Waals surface area contributed by atoms with Gasteiger partial charge in [-0.05, 0) is 38.5 Å². The normalized spacial score (nSPS) is 22.9. The Morgan fingerprint density at radius 3 is 2.52 bits per heavy atom. The largest absolute Gasteiger partial charge is 0.465 e. The first-order valence-corrected chi connectivity index (χ1v) is 8.68. The van der Waals surface area contributed by atoms with Gasteiger partial charge in [-0.2, -0.15) is 0 Å². The third-order valence-corrected chi connectivity index (χ3v) is 4.47. The molecule has 0 aromatic heterocycles. The molecule has 2 amide bonds. The zero-order valence-corrected chi connectivity index (χ0v) is 13.9. The van der Waals surface area contributed by atoms with Crippen LogP contribution >= 0.6 is 0 Å². The summed E-state index contributed by atoms with van der Waals surface area (Å²) in [5, 5.41) is 9.23. The molecule has 0 spiro atoms. The van der Waals surface area contributed by atoms with Crippen LogP contribution in [0.2, 0.25) is 0 Å². The molecule has 2 aliphatic rings. The summed E-state index contributed by atoms with van der Waals surface area (Å²) in [6.07, 6.45) is 4.52. The molecule has 23 heavy (non-hydrogen) atoms. The number of amides is 2. The Labute approximate surface area is 137 Å². The van der Waals surface area contributed by atoms with Gasteiger partial charge >= 0.3 is 12.2 Å². The molecular weight excluding hydrogens is 300 g/mol. The van der Waals surface area contributed by atoms with E-state index in [4.69, 9.17) is 9.47 Å². The van der Waals surface area contributed by atoms with Crippen LogP contribution in [0.25, 0.3) is 0 Å². The molecule has 7 heteroatoms. The van der Waals surface area contributed by atoms with E-state index >= 15 is 0 Å². The number of hydrogen-bond donors (Lipinski definition) is 1. The van der Waals surface area contributed by atoms with Crippen molar-refractivity contribution in [1.82, 2.24) is 9.80 Å². The molecular formula is C16H28N2O5. The van der Waals surface area contributed by atoms with Gasteiger partial charge in [0.15, 0.2) is 0 Å². The molecule has 2 saturated heterocycles. The molecule has 1 unspecified atom stereocenters. The van der Waals surface area contributed by atoms with Gasteiger partial charge in [0.25, 0.3) is 0 Å². The summed E-state index contributed by atoms with van der Waals surface area (Å²) in [6.45, 7) is 4.29. The van der Waals surface area contributed by atoms with Crippen molar-refractivity contribution < 1.29 is 24.2 Å². The lowest BCUT2D eigenvalue weighted by Crippen LogP contribution is -2.48. The monoisotopic (exact) mass is 328 g/mol. The van der Waals surface area contributed by atoms with Crippen LogP contribution in [0.5, 0.6) is 0 Å². The van der Waals surface area contributed by atoms with E-state index in [0.29, 0.717) is 26.2 Å². The first-order chi connectivity index (χ1) is 11.1. The Balaban J connectivity index is 1.73. The molecule has 0 aromatic rings. The average molecular weight is 328 g/mol. The molecule has 0 bridgehead atoms.